The normalized spacial score (nSPS) is 11.2. The molecule has 2 N–H and O–H groups in total. The summed E-state index contributed by atoms with van der Waals surface area (Å²) >= 11 is 0. The molecule has 0 saturated carbocycles. The van der Waals surface area contributed by atoms with E-state index in [4.69, 9.17) is 0 Å². The van der Waals surface area contributed by atoms with Crippen molar-refractivity contribution < 1.29 is 13.2 Å². The van der Waals surface area contributed by atoms with Crippen molar-refractivity contribution in [1.82, 2.24) is 14.5 Å². The fraction of sp³-hybridized carbons (Fsp3) is 0.267. The molecule has 0 radical (unpaired) electrons. The van der Waals surface area contributed by atoms with Crippen LogP contribution in [-0.2, 0) is 27.8 Å². The molecule has 1 aromatic heterocycles. The third kappa shape index (κ3) is 5.51. The number of aryl methyl sites for hydroxylation is 2. The van der Waals surface area contributed by atoms with E-state index >= 15 is 0 Å². The third-order valence-corrected chi connectivity index (χ3v) is 4.50. The Hall–Kier alpha value is -2.68. The van der Waals surface area contributed by atoms with E-state index in [1.54, 1.807) is 24.3 Å². The van der Waals surface area contributed by atoms with E-state index in [-0.39, 0.29) is 25.1 Å². The van der Waals surface area contributed by atoms with E-state index in [0.717, 1.165) is 22.4 Å². The number of nitrogens with one attached hydrogen (secondary N) is 2. The number of nitrogens with zero attached hydrogens (tertiary/aromatic N) is 1. The van der Waals surface area contributed by atoms with Gasteiger partial charge in [-0.15, -0.1) is 0 Å². The van der Waals surface area contributed by atoms with Gasteiger partial charge in [-0.05, 0) is 12.0 Å². The maximum absolute atomic E-state index is 11.9. The molecule has 9 heteroatoms. The first-order valence-electron chi connectivity index (χ1n) is 7.23. The minimum atomic E-state index is -3.76. The highest BCUT2D eigenvalue weighted by Gasteiger charge is 2.14. The Morgan fingerprint density at radius 2 is 1.79 bits per heavy atom. The van der Waals surface area contributed by atoms with Crippen molar-refractivity contribution in [3.05, 3.63) is 68.7 Å². The van der Waals surface area contributed by atoms with E-state index in [9.17, 15) is 22.8 Å². The second-order valence-electron chi connectivity index (χ2n) is 5.13. The second kappa shape index (κ2) is 7.73. The number of carbonyl (C=O) groups excluding carboxylic acids is 1. The van der Waals surface area contributed by atoms with Crippen molar-refractivity contribution in [1.29, 1.82) is 0 Å². The van der Waals surface area contributed by atoms with Crippen molar-refractivity contribution in [3.63, 3.8) is 0 Å². The number of hydrogen-bond donors (Lipinski definition) is 2. The summed E-state index contributed by atoms with van der Waals surface area (Å²) in [5.41, 5.74) is -0.108. The molecule has 128 valence electrons. The van der Waals surface area contributed by atoms with Crippen LogP contribution in [0.3, 0.4) is 0 Å². The Kier molecular flexibility index (Phi) is 5.69. The third-order valence-electron chi connectivity index (χ3n) is 3.22. The van der Waals surface area contributed by atoms with Crippen LogP contribution >= 0.6 is 0 Å². The predicted octanol–water partition coefficient (Wildman–Crippen LogP) is -0.385. The van der Waals surface area contributed by atoms with Crippen LogP contribution in [-0.4, -0.2) is 29.9 Å². The molecule has 0 aliphatic carbocycles. The standard InChI is InChI=1S/C15H17N3O5S/c19-13-6-7-15(21)18(16-13)10-8-14(20)17-24(22,23)11-9-12-4-2-1-3-5-12/h1-7H,8-11H2,(H,16,19)(H,17,20). The largest absolute Gasteiger partial charge is 0.274 e. The lowest BCUT2D eigenvalue weighted by molar-refractivity contribution is -0.119. The molecule has 0 spiro atoms. The van der Waals surface area contributed by atoms with Gasteiger partial charge in [0.25, 0.3) is 11.1 Å². The summed E-state index contributed by atoms with van der Waals surface area (Å²) < 4.78 is 26.7. The Labute approximate surface area is 138 Å². The minimum absolute atomic E-state index is 0.116. The summed E-state index contributed by atoms with van der Waals surface area (Å²) in [5.74, 6) is -0.954. The molecule has 0 aliphatic rings. The highest BCUT2D eigenvalue weighted by atomic mass is 32.2. The van der Waals surface area contributed by atoms with Gasteiger partial charge >= 0.3 is 0 Å². The van der Waals surface area contributed by atoms with Crippen LogP contribution in [0.5, 0.6) is 0 Å². The van der Waals surface area contributed by atoms with Crippen LogP contribution in [0.2, 0.25) is 0 Å². The van der Waals surface area contributed by atoms with Crippen LogP contribution < -0.4 is 15.8 Å². The van der Waals surface area contributed by atoms with Crippen LogP contribution in [0.1, 0.15) is 12.0 Å². The zero-order valence-electron chi connectivity index (χ0n) is 12.8. The van der Waals surface area contributed by atoms with E-state index in [1.165, 1.54) is 0 Å². The van der Waals surface area contributed by atoms with Gasteiger partial charge < -0.3 is 0 Å². The number of amides is 1. The second-order valence-corrected chi connectivity index (χ2v) is 6.97. The number of rotatable bonds is 7. The first-order chi connectivity index (χ1) is 11.4. The smallest absolute Gasteiger partial charge is 0.265 e. The lowest BCUT2D eigenvalue weighted by atomic mass is 10.2. The molecule has 2 rings (SSSR count). The fourth-order valence-electron chi connectivity index (χ4n) is 2.01. The lowest BCUT2D eigenvalue weighted by Crippen LogP contribution is -2.35. The van der Waals surface area contributed by atoms with Crippen LogP contribution in [0.15, 0.2) is 52.1 Å². The van der Waals surface area contributed by atoms with Gasteiger partial charge in [0.1, 0.15) is 0 Å². The molecule has 0 bridgehead atoms. The Bertz CT molecular complexity index is 916. The first-order valence-corrected chi connectivity index (χ1v) is 8.88. The maximum atomic E-state index is 11.9. The van der Waals surface area contributed by atoms with Crippen LogP contribution in [0.4, 0.5) is 0 Å². The summed E-state index contributed by atoms with van der Waals surface area (Å²) in [6.45, 7) is -0.116. The van der Waals surface area contributed by atoms with Crippen LogP contribution in [0, 0.1) is 0 Å². The molecule has 0 fully saturated rings. The molecule has 24 heavy (non-hydrogen) atoms. The van der Waals surface area contributed by atoms with E-state index in [0.29, 0.717) is 0 Å². The van der Waals surface area contributed by atoms with Gasteiger partial charge in [-0.2, -0.15) is 0 Å². The van der Waals surface area contributed by atoms with E-state index < -0.39 is 27.0 Å². The van der Waals surface area contributed by atoms with E-state index in [1.807, 2.05) is 10.8 Å². The van der Waals surface area contributed by atoms with Gasteiger partial charge in [0.05, 0.1) is 12.3 Å². The Balaban J connectivity index is 1.87. The van der Waals surface area contributed by atoms with Crippen LogP contribution in [0.25, 0.3) is 0 Å². The molecule has 0 atom stereocenters. The summed E-state index contributed by atoms with van der Waals surface area (Å²) in [4.78, 5) is 34.3. The number of aromatic amines is 1. The summed E-state index contributed by atoms with van der Waals surface area (Å²) in [6.07, 6.45) is 0.0410. The van der Waals surface area contributed by atoms with Gasteiger partial charge in [-0.25, -0.2) is 13.1 Å². The molecule has 0 aliphatic heterocycles. The van der Waals surface area contributed by atoms with Crippen molar-refractivity contribution >= 4 is 15.9 Å². The number of sulfonamides is 1. The van der Waals surface area contributed by atoms with Gasteiger partial charge in [-0.3, -0.25) is 24.2 Å². The zero-order chi connectivity index (χ0) is 17.6. The van der Waals surface area contributed by atoms with Crippen molar-refractivity contribution in [2.24, 2.45) is 0 Å². The SMILES string of the molecule is O=C(CCn1[nH]c(=O)ccc1=O)NS(=O)(=O)CCc1ccccc1. The Morgan fingerprint density at radius 3 is 2.50 bits per heavy atom. The average Bonchev–Trinajstić information content (AvgIpc) is 2.54. The molecule has 0 unspecified atom stereocenters. The number of aromatic nitrogens is 2. The molecular formula is C15H17N3O5S. The Morgan fingerprint density at radius 1 is 1.08 bits per heavy atom. The molecule has 8 nitrogen and oxygen atoms in total. The molecule has 0 saturated heterocycles. The number of benzene rings is 1. The highest BCUT2D eigenvalue weighted by Crippen LogP contribution is 2.01. The van der Waals surface area contributed by atoms with Gasteiger partial charge in [0.15, 0.2) is 0 Å². The zero-order valence-corrected chi connectivity index (χ0v) is 13.6. The summed E-state index contributed by atoms with van der Waals surface area (Å²) in [7, 11) is -3.76. The quantitative estimate of drug-likeness (QED) is 0.705. The highest BCUT2D eigenvalue weighted by molar-refractivity contribution is 7.90. The molecular weight excluding hydrogens is 334 g/mol. The maximum Gasteiger partial charge on any atom is 0.265 e. The molecule has 1 heterocycles. The summed E-state index contributed by atoms with van der Waals surface area (Å²) in [5, 5.41) is 2.26. The van der Waals surface area contributed by atoms with Gasteiger partial charge in [0, 0.05) is 18.6 Å². The monoisotopic (exact) mass is 351 g/mol. The minimum Gasteiger partial charge on any atom is -0.274 e. The number of hydrogen-bond acceptors (Lipinski definition) is 5. The lowest BCUT2D eigenvalue weighted by Gasteiger charge is -2.08. The fourth-order valence-corrected chi connectivity index (χ4v) is 3.07. The van der Waals surface area contributed by atoms with Gasteiger partial charge in [-0.1, -0.05) is 30.3 Å². The summed E-state index contributed by atoms with van der Waals surface area (Å²) in [6, 6.07) is 11.2. The predicted molar refractivity (Wildman–Crippen MR) is 88.0 cm³/mol. The van der Waals surface area contributed by atoms with E-state index in [2.05, 4.69) is 5.10 Å². The average molecular weight is 351 g/mol. The topological polar surface area (TPSA) is 118 Å². The van der Waals surface area contributed by atoms with Crippen molar-refractivity contribution in [3.8, 4) is 0 Å². The molecule has 2 aromatic rings. The van der Waals surface area contributed by atoms with Gasteiger partial charge in [0.2, 0.25) is 15.9 Å². The molecule has 1 amide bonds. The van der Waals surface area contributed by atoms with Crippen molar-refractivity contribution in [2.45, 2.75) is 19.4 Å². The number of carbonyl (C=O) groups is 1. The molecule has 1 aromatic carbocycles. The number of H-pyrrole nitrogens is 1. The van der Waals surface area contributed by atoms with Crippen molar-refractivity contribution in [2.75, 3.05) is 5.75 Å². The first kappa shape index (κ1) is 17.7.